The molecule has 1 saturated heterocycles. The Morgan fingerprint density at radius 1 is 1.47 bits per heavy atom. The van der Waals surface area contributed by atoms with E-state index in [1.165, 1.54) is 17.0 Å². The van der Waals surface area contributed by atoms with Crippen LogP contribution >= 0.6 is 15.9 Å². The molecule has 0 aliphatic carbocycles. The van der Waals surface area contributed by atoms with E-state index in [0.717, 1.165) is 6.42 Å². The Hall–Kier alpha value is -1.43. The second kappa shape index (κ2) is 5.69. The van der Waals surface area contributed by atoms with E-state index in [1.807, 2.05) is 0 Å². The molecular formula is C13H14BrFN2O2. The van der Waals surface area contributed by atoms with E-state index >= 15 is 0 Å². The summed E-state index contributed by atoms with van der Waals surface area (Å²) in [4.78, 5) is 25.6. The first-order chi connectivity index (χ1) is 9.06. The van der Waals surface area contributed by atoms with E-state index < -0.39 is 11.9 Å². The highest BCUT2D eigenvalue weighted by Gasteiger charge is 2.34. The number of hydrogen-bond acceptors (Lipinski definition) is 2. The molecule has 2 rings (SSSR count). The van der Waals surface area contributed by atoms with Gasteiger partial charge in [-0.2, -0.15) is 0 Å². The van der Waals surface area contributed by atoms with Crippen LogP contribution in [0, 0.1) is 5.82 Å². The molecule has 1 aromatic carbocycles. The van der Waals surface area contributed by atoms with Crippen molar-refractivity contribution in [2.24, 2.45) is 0 Å². The van der Waals surface area contributed by atoms with Crippen molar-refractivity contribution in [3.05, 3.63) is 34.1 Å². The highest BCUT2D eigenvalue weighted by Crippen LogP contribution is 2.26. The fourth-order valence-corrected chi connectivity index (χ4v) is 2.71. The lowest BCUT2D eigenvalue weighted by atomic mass is 10.1. The quantitative estimate of drug-likeness (QED) is 0.901. The summed E-state index contributed by atoms with van der Waals surface area (Å²) in [6, 6.07) is 3.85. The summed E-state index contributed by atoms with van der Waals surface area (Å²) in [5.74, 6) is -0.989. The van der Waals surface area contributed by atoms with Crippen LogP contribution in [-0.4, -0.2) is 36.3 Å². The fraction of sp³-hybridized carbons (Fsp3) is 0.385. The Morgan fingerprint density at radius 3 is 2.89 bits per heavy atom. The first kappa shape index (κ1) is 14.0. The number of hydrogen-bond donors (Lipinski definition) is 1. The Bertz CT molecular complexity index is 521. The molecule has 19 heavy (non-hydrogen) atoms. The first-order valence-corrected chi connectivity index (χ1v) is 6.82. The maximum absolute atomic E-state index is 13.5. The fourth-order valence-electron chi connectivity index (χ4n) is 2.27. The molecule has 1 fully saturated rings. The van der Waals surface area contributed by atoms with Gasteiger partial charge in [-0.3, -0.25) is 9.59 Å². The van der Waals surface area contributed by atoms with Crippen LogP contribution < -0.4 is 5.32 Å². The number of nitrogens with one attached hydrogen (secondary N) is 1. The van der Waals surface area contributed by atoms with Crippen LogP contribution in [0.3, 0.4) is 0 Å². The molecule has 0 bridgehead atoms. The predicted octanol–water partition coefficient (Wildman–Crippen LogP) is 1.94. The monoisotopic (exact) mass is 328 g/mol. The van der Waals surface area contributed by atoms with Gasteiger partial charge in [0.15, 0.2) is 0 Å². The molecular weight excluding hydrogens is 315 g/mol. The van der Waals surface area contributed by atoms with Gasteiger partial charge < -0.3 is 10.2 Å². The van der Waals surface area contributed by atoms with Crippen molar-refractivity contribution in [1.82, 2.24) is 10.2 Å². The van der Waals surface area contributed by atoms with Crippen molar-refractivity contribution >= 4 is 27.7 Å². The van der Waals surface area contributed by atoms with Crippen molar-refractivity contribution in [3.8, 4) is 0 Å². The lowest BCUT2D eigenvalue weighted by Gasteiger charge is -2.23. The summed E-state index contributed by atoms with van der Waals surface area (Å²) in [6.07, 6.45) is 1.41. The number of amides is 2. The molecule has 1 aromatic rings. The summed E-state index contributed by atoms with van der Waals surface area (Å²) >= 11 is 3.08. The average Bonchev–Trinajstić information content (AvgIpc) is 2.89. The Kier molecular flexibility index (Phi) is 4.19. The molecule has 1 N–H and O–H groups in total. The number of halogens is 2. The standard InChI is InChI=1S/C13H14BrFN2O2/c1-16-12(18)10-6-3-7-17(10)13(19)8-4-2-5-9(15)11(8)14/h2,4-5,10H,3,6-7H2,1H3,(H,16,18). The number of rotatable bonds is 2. The maximum atomic E-state index is 13.5. The van der Waals surface area contributed by atoms with Crippen LogP contribution in [0.5, 0.6) is 0 Å². The number of carbonyl (C=O) groups excluding carboxylic acids is 2. The van der Waals surface area contributed by atoms with Gasteiger partial charge in [0.25, 0.3) is 5.91 Å². The number of carbonyl (C=O) groups is 2. The molecule has 102 valence electrons. The van der Waals surface area contributed by atoms with Gasteiger partial charge in [-0.05, 0) is 40.9 Å². The zero-order valence-electron chi connectivity index (χ0n) is 10.5. The average molecular weight is 329 g/mol. The first-order valence-electron chi connectivity index (χ1n) is 6.03. The molecule has 4 nitrogen and oxygen atoms in total. The molecule has 0 saturated carbocycles. The molecule has 1 atom stereocenters. The normalized spacial score (nSPS) is 18.5. The maximum Gasteiger partial charge on any atom is 0.255 e. The third-order valence-electron chi connectivity index (χ3n) is 3.24. The topological polar surface area (TPSA) is 49.4 Å². The lowest BCUT2D eigenvalue weighted by Crippen LogP contribution is -2.45. The van der Waals surface area contributed by atoms with Crippen molar-refractivity contribution in [1.29, 1.82) is 0 Å². The second-order valence-electron chi connectivity index (χ2n) is 4.37. The van der Waals surface area contributed by atoms with E-state index in [1.54, 1.807) is 13.1 Å². The summed E-state index contributed by atoms with van der Waals surface area (Å²) in [7, 11) is 1.54. The molecule has 0 spiro atoms. The van der Waals surface area contributed by atoms with E-state index in [4.69, 9.17) is 0 Å². The highest BCUT2D eigenvalue weighted by atomic mass is 79.9. The summed E-state index contributed by atoms with van der Waals surface area (Å²) in [5, 5.41) is 2.55. The van der Waals surface area contributed by atoms with Gasteiger partial charge in [-0.25, -0.2) is 4.39 Å². The number of nitrogens with zero attached hydrogens (tertiary/aromatic N) is 1. The van der Waals surface area contributed by atoms with Crippen LogP contribution in [0.25, 0.3) is 0 Å². The SMILES string of the molecule is CNC(=O)C1CCCN1C(=O)c1cccc(F)c1Br. The van der Waals surface area contributed by atoms with E-state index in [0.29, 0.717) is 13.0 Å². The number of likely N-dealkylation sites (tertiary alicyclic amines) is 1. The van der Waals surface area contributed by atoms with E-state index in [-0.39, 0.29) is 21.9 Å². The minimum absolute atomic E-state index is 0.141. The molecule has 1 heterocycles. The minimum Gasteiger partial charge on any atom is -0.357 e. The van der Waals surface area contributed by atoms with Gasteiger partial charge in [-0.1, -0.05) is 6.07 Å². The Labute approximate surface area is 119 Å². The highest BCUT2D eigenvalue weighted by molar-refractivity contribution is 9.10. The molecule has 0 radical (unpaired) electrons. The van der Waals surface area contributed by atoms with Crippen LogP contribution in [0.1, 0.15) is 23.2 Å². The van der Waals surface area contributed by atoms with Gasteiger partial charge in [0.2, 0.25) is 5.91 Å². The minimum atomic E-state index is -0.485. The van der Waals surface area contributed by atoms with Gasteiger partial charge in [0.1, 0.15) is 11.9 Å². The van der Waals surface area contributed by atoms with E-state index in [2.05, 4.69) is 21.2 Å². The van der Waals surface area contributed by atoms with E-state index in [9.17, 15) is 14.0 Å². The third-order valence-corrected chi connectivity index (χ3v) is 4.05. The molecule has 6 heteroatoms. The largest absolute Gasteiger partial charge is 0.357 e. The van der Waals surface area contributed by atoms with Crippen LogP contribution in [0.4, 0.5) is 4.39 Å². The second-order valence-corrected chi connectivity index (χ2v) is 5.17. The zero-order chi connectivity index (χ0) is 14.0. The molecule has 1 unspecified atom stereocenters. The lowest BCUT2D eigenvalue weighted by molar-refractivity contribution is -0.124. The van der Waals surface area contributed by atoms with Crippen LogP contribution in [-0.2, 0) is 4.79 Å². The van der Waals surface area contributed by atoms with Gasteiger partial charge in [0, 0.05) is 13.6 Å². The third kappa shape index (κ3) is 2.63. The molecule has 1 aliphatic rings. The van der Waals surface area contributed by atoms with Crippen molar-refractivity contribution in [2.75, 3.05) is 13.6 Å². The molecule has 0 aromatic heterocycles. The molecule has 1 aliphatic heterocycles. The Morgan fingerprint density at radius 2 is 2.21 bits per heavy atom. The number of likely N-dealkylation sites (N-methyl/N-ethyl adjacent to an activating group) is 1. The van der Waals surface area contributed by atoms with Crippen molar-refractivity contribution < 1.29 is 14.0 Å². The van der Waals surface area contributed by atoms with Crippen LogP contribution in [0.15, 0.2) is 22.7 Å². The zero-order valence-corrected chi connectivity index (χ0v) is 12.0. The Balaban J connectivity index is 2.28. The van der Waals surface area contributed by atoms with Crippen LogP contribution in [0.2, 0.25) is 0 Å². The predicted molar refractivity (Wildman–Crippen MR) is 72.2 cm³/mol. The van der Waals surface area contributed by atoms with Gasteiger partial charge in [-0.15, -0.1) is 0 Å². The smallest absolute Gasteiger partial charge is 0.255 e. The van der Waals surface area contributed by atoms with Gasteiger partial charge >= 0.3 is 0 Å². The van der Waals surface area contributed by atoms with Crippen molar-refractivity contribution in [3.63, 3.8) is 0 Å². The number of benzene rings is 1. The van der Waals surface area contributed by atoms with Crippen molar-refractivity contribution in [2.45, 2.75) is 18.9 Å². The summed E-state index contributed by atoms with van der Waals surface area (Å²) in [5.41, 5.74) is 0.246. The molecule has 2 amide bonds. The summed E-state index contributed by atoms with van der Waals surface area (Å²) in [6.45, 7) is 0.514. The van der Waals surface area contributed by atoms with Gasteiger partial charge in [0.05, 0.1) is 10.0 Å². The summed E-state index contributed by atoms with van der Waals surface area (Å²) < 4.78 is 13.6.